The van der Waals surface area contributed by atoms with Gasteiger partial charge >= 0.3 is 0 Å². The molecule has 2 rings (SSSR count). The van der Waals surface area contributed by atoms with Gasteiger partial charge in [0.05, 0.1) is 13.2 Å². The topological polar surface area (TPSA) is 41.5 Å². The third-order valence-electron chi connectivity index (χ3n) is 4.53. The number of benzene rings is 1. The maximum absolute atomic E-state index is 10.2. The van der Waals surface area contributed by atoms with Crippen LogP contribution in [0, 0.1) is 11.8 Å². The van der Waals surface area contributed by atoms with Gasteiger partial charge in [-0.25, -0.2) is 0 Å². The van der Waals surface area contributed by atoms with Gasteiger partial charge < -0.3 is 15.2 Å². The first-order chi connectivity index (χ1) is 9.70. The minimum atomic E-state index is -0.445. The fourth-order valence-electron chi connectivity index (χ4n) is 3.05. The second kappa shape index (κ2) is 7.65. The van der Waals surface area contributed by atoms with Gasteiger partial charge in [-0.05, 0) is 42.5 Å². The van der Waals surface area contributed by atoms with Crippen molar-refractivity contribution in [3.63, 3.8) is 0 Å². The van der Waals surface area contributed by atoms with E-state index in [1.807, 2.05) is 24.3 Å². The predicted octanol–water partition coefficient (Wildman–Crippen LogP) is 3.14. The van der Waals surface area contributed by atoms with E-state index >= 15 is 0 Å². The summed E-state index contributed by atoms with van der Waals surface area (Å²) in [5.41, 5.74) is 0.940. The first-order valence-corrected chi connectivity index (χ1v) is 7.73. The Morgan fingerprint density at radius 3 is 2.60 bits per heavy atom. The molecule has 0 heterocycles. The Hall–Kier alpha value is -1.06. The molecule has 1 saturated carbocycles. The van der Waals surface area contributed by atoms with Crippen LogP contribution in [-0.4, -0.2) is 25.3 Å². The molecule has 1 aliphatic rings. The van der Waals surface area contributed by atoms with E-state index in [0.29, 0.717) is 6.54 Å². The molecule has 3 nitrogen and oxygen atoms in total. The highest BCUT2D eigenvalue weighted by molar-refractivity contribution is 5.28. The fraction of sp³-hybridized carbons (Fsp3) is 0.647. The van der Waals surface area contributed by atoms with E-state index in [1.165, 1.54) is 25.7 Å². The van der Waals surface area contributed by atoms with Crippen LogP contribution < -0.4 is 10.1 Å². The fourth-order valence-corrected chi connectivity index (χ4v) is 3.05. The molecule has 3 atom stereocenters. The standard InChI is InChI=1S/C17H27NO2/c1-13-5-3-4-6-15(13)11-18-12-17(19)14-7-9-16(20-2)10-8-14/h7-10,13,15,17-19H,3-6,11-12H2,1-2H3. The molecule has 0 aliphatic heterocycles. The first kappa shape index (κ1) is 15.3. The second-order valence-corrected chi connectivity index (χ2v) is 5.97. The predicted molar refractivity (Wildman–Crippen MR) is 81.9 cm³/mol. The lowest BCUT2D eigenvalue weighted by Crippen LogP contribution is -2.31. The summed E-state index contributed by atoms with van der Waals surface area (Å²) >= 11 is 0. The van der Waals surface area contributed by atoms with Crippen molar-refractivity contribution < 1.29 is 9.84 Å². The largest absolute Gasteiger partial charge is 0.497 e. The number of ether oxygens (including phenoxy) is 1. The molecular formula is C17H27NO2. The quantitative estimate of drug-likeness (QED) is 0.839. The minimum Gasteiger partial charge on any atom is -0.497 e. The van der Waals surface area contributed by atoms with E-state index < -0.39 is 6.10 Å². The normalized spacial score (nSPS) is 24.4. The van der Waals surface area contributed by atoms with Crippen molar-refractivity contribution in [3.8, 4) is 5.75 Å². The van der Waals surface area contributed by atoms with Crippen LogP contribution in [0.4, 0.5) is 0 Å². The lowest BCUT2D eigenvalue weighted by Gasteiger charge is -2.29. The van der Waals surface area contributed by atoms with Crippen molar-refractivity contribution in [2.24, 2.45) is 11.8 Å². The van der Waals surface area contributed by atoms with E-state index in [1.54, 1.807) is 7.11 Å². The summed E-state index contributed by atoms with van der Waals surface area (Å²) in [5.74, 6) is 2.41. The number of nitrogens with one attached hydrogen (secondary N) is 1. The van der Waals surface area contributed by atoms with Crippen LogP contribution in [0.2, 0.25) is 0 Å². The summed E-state index contributed by atoms with van der Waals surface area (Å²) in [4.78, 5) is 0. The average Bonchev–Trinajstić information content (AvgIpc) is 2.49. The molecule has 20 heavy (non-hydrogen) atoms. The van der Waals surface area contributed by atoms with Crippen LogP contribution in [0.5, 0.6) is 5.75 Å². The van der Waals surface area contributed by atoms with Gasteiger partial charge in [-0.15, -0.1) is 0 Å². The van der Waals surface area contributed by atoms with Gasteiger partial charge in [0, 0.05) is 6.54 Å². The van der Waals surface area contributed by atoms with Crippen molar-refractivity contribution in [1.29, 1.82) is 0 Å². The summed E-state index contributed by atoms with van der Waals surface area (Å²) in [6, 6.07) is 7.63. The Bertz CT molecular complexity index is 390. The maximum atomic E-state index is 10.2. The Balaban J connectivity index is 1.75. The van der Waals surface area contributed by atoms with Gasteiger partial charge in [0.1, 0.15) is 5.75 Å². The van der Waals surface area contributed by atoms with E-state index in [2.05, 4.69) is 12.2 Å². The van der Waals surface area contributed by atoms with Gasteiger partial charge in [0.25, 0.3) is 0 Å². The van der Waals surface area contributed by atoms with Crippen molar-refractivity contribution in [1.82, 2.24) is 5.32 Å². The SMILES string of the molecule is COc1ccc(C(O)CNCC2CCCCC2C)cc1. The molecule has 0 aromatic heterocycles. The van der Waals surface area contributed by atoms with Gasteiger partial charge in [0.15, 0.2) is 0 Å². The van der Waals surface area contributed by atoms with Crippen molar-refractivity contribution in [2.75, 3.05) is 20.2 Å². The Morgan fingerprint density at radius 1 is 1.25 bits per heavy atom. The van der Waals surface area contributed by atoms with Crippen LogP contribution in [0.3, 0.4) is 0 Å². The Kier molecular flexibility index (Phi) is 5.86. The maximum Gasteiger partial charge on any atom is 0.118 e. The third-order valence-corrected chi connectivity index (χ3v) is 4.53. The number of rotatable bonds is 6. The van der Waals surface area contributed by atoms with E-state index in [4.69, 9.17) is 4.74 Å². The van der Waals surface area contributed by atoms with Crippen LogP contribution in [0.1, 0.15) is 44.3 Å². The van der Waals surface area contributed by atoms with Crippen LogP contribution in [-0.2, 0) is 0 Å². The molecule has 0 spiro atoms. The van der Waals surface area contributed by atoms with Crippen LogP contribution >= 0.6 is 0 Å². The third kappa shape index (κ3) is 4.22. The first-order valence-electron chi connectivity index (χ1n) is 7.73. The summed E-state index contributed by atoms with van der Waals surface area (Å²) < 4.78 is 5.12. The molecule has 1 aliphatic carbocycles. The van der Waals surface area contributed by atoms with E-state index in [0.717, 1.165) is 29.7 Å². The lowest BCUT2D eigenvalue weighted by atomic mass is 9.80. The highest BCUT2D eigenvalue weighted by Crippen LogP contribution is 2.29. The number of hydrogen-bond acceptors (Lipinski definition) is 3. The molecule has 3 unspecified atom stereocenters. The number of hydrogen-bond donors (Lipinski definition) is 2. The molecule has 1 aromatic rings. The molecular weight excluding hydrogens is 250 g/mol. The molecule has 1 fully saturated rings. The summed E-state index contributed by atoms with van der Waals surface area (Å²) in [5, 5.41) is 13.6. The van der Waals surface area contributed by atoms with E-state index in [-0.39, 0.29) is 0 Å². The molecule has 0 bridgehead atoms. The van der Waals surface area contributed by atoms with Crippen LogP contribution in [0.25, 0.3) is 0 Å². The molecule has 112 valence electrons. The minimum absolute atomic E-state index is 0.445. The smallest absolute Gasteiger partial charge is 0.118 e. The Labute approximate surface area is 122 Å². The van der Waals surface area contributed by atoms with Gasteiger partial charge in [-0.2, -0.15) is 0 Å². The zero-order valence-corrected chi connectivity index (χ0v) is 12.6. The molecule has 0 saturated heterocycles. The lowest BCUT2D eigenvalue weighted by molar-refractivity contribution is 0.165. The average molecular weight is 277 g/mol. The number of methoxy groups -OCH3 is 1. The summed E-state index contributed by atoms with van der Waals surface area (Å²) in [6.45, 7) is 4.00. The molecule has 1 aromatic carbocycles. The van der Waals surface area contributed by atoms with Crippen molar-refractivity contribution in [2.45, 2.75) is 38.7 Å². The monoisotopic (exact) mass is 277 g/mol. The van der Waals surface area contributed by atoms with Gasteiger partial charge in [0.2, 0.25) is 0 Å². The summed E-state index contributed by atoms with van der Waals surface area (Å²) in [6.07, 6.45) is 4.98. The van der Waals surface area contributed by atoms with Crippen molar-refractivity contribution in [3.05, 3.63) is 29.8 Å². The summed E-state index contributed by atoms with van der Waals surface area (Å²) in [7, 11) is 1.65. The van der Waals surface area contributed by atoms with Crippen LogP contribution in [0.15, 0.2) is 24.3 Å². The number of aliphatic hydroxyl groups excluding tert-OH is 1. The molecule has 3 heteroatoms. The van der Waals surface area contributed by atoms with Gasteiger partial charge in [-0.3, -0.25) is 0 Å². The van der Waals surface area contributed by atoms with Gasteiger partial charge in [-0.1, -0.05) is 38.3 Å². The zero-order valence-electron chi connectivity index (χ0n) is 12.6. The molecule has 0 radical (unpaired) electrons. The highest BCUT2D eigenvalue weighted by Gasteiger charge is 2.21. The van der Waals surface area contributed by atoms with Crippen molar-refractivity contribution >= 4 is 0 Å². The zero-order chi connectivity index (χ0) is 14.4. The highest BCUT2D eigenvalue weighted by atomic mass is 16.5. The second-order valence-electron chi connectivity index (χ2n) is 5.97. The Morgan fingerprint density at radius 2 is 1.95 bits per heavy atom. The molecule has 0 amide bonds. The van der Waals surface area contributed by atoms with E-state index in [9.17, 15) is 5.11 Å². The molecule has 2 N–H and O–H groups in total. The number of aliphatic hydroxyl groups is 1.